The maximum Gasteiger partial charge on any atom is 0.337 e. The van der Waals surface area contributed by atoms with Crippen LogP contribution in [0.5, 0.6) is 5.75 Å². The van der Waals surface area contributed by atoms with Crippen molar-refractivity contribution in [1.82, 2.24) is 14.8 Å². The number of nitrogens with one attached hydrogen (secondary N) is 1. The average molecular weight is 469 g/mol. The number of aromatic carboxylic acids is 1. The molecule has 0 amide bonds. The molecule has 0 aliphatic rings. The summed E-state index contributed by atoms with van der Waals surface area (Å²) < 4.78 is 6.89. The first-order valence-corrected chi connectivity index (χ1v) is 11.2. The molecule has 0 aliphatic carbocycles. The van der Waals surface area contributed by atoms with E-state index in [1.807, 2.05) is 30.5 Å². The zero-order valence-corrected chi connectivity index (χ0v) is 19.3. The Balaban J connectivity index is 1.93. The van der Waals surface area contributed by atoms with E-state index in [2.05, 4.69) is 12.2 Å². The van der Waals surface area contributed by atoms with Gasteiger partial charge in [0.2, 0.25) is 0 Å². The third kappa shape index (κ3) is 4.06. The van der Waals surface area contributed by atoms with E-state index in [1.54, 1.807) is 22.9 Å². The number of ether oxygens (including phenoxy) is 1. The quantitative estimate of drug-likeness (QED) is 0.347. The number of methoxy groups -OCH3 is 1. The molecule has 0 unspecified atom stereocenters. The van der Waals surface area contributed by atoms with Gasteiger partial charge in [-0.05, 0) is 43.7 Å². The minimum Gasteiger partial charge on any atom is -0.497 e. The SMILES string of the molecule is CCc1csc(-c2c(C)nn(-c3ccccc3Cl)c2Nc2ccc(OC)cc2C(=O)O)n1. The number of benzene rings is 2. The highest BCUT2D eigenvalue weighted by molar-refractivity contribution is 7.13. The average Bonchev–Trinajstić information content (AvgIpc) is 3.38. The third-order valence-electron chi connectivity index (χ3n) is 4.98. The van der Waals surface area contributed by atoms with Crippen molar-refractivity contribution >= 4 is 40.4 Å². The second-order valence-electron chi connectivity index (χ2n) is 7.01. The lowest BCUT2D eigenvalue weighted by Gasteiger charge is -2.15. The molecule has 2 aromatic heterocycles. The van der Waals surface area contributed by atoms with E-state index in [0.29, 0.717) is 28.0 Å². The van der Waals surface area contributed by atoms with Crippen molar-refractivity contribution in [3.8, 4) is 22.0 Å². The smallest absolute Gasteiger partial charge is 0.337 e. The van der Waals surface area contributed by atoms with E-state index in [1.165, 1.54) is 24.5 Å². The number of hydrogen-bond donors (Lipinski definition) is 2. The van der Waals surface area contributed by atoms with Crippen molar-refractivity contribution in [2.24, 2.45) is 0 Å². The van der Waals surface area contributed by atoms with Crippen molar-refractivity contribution in [2.75, 3.05) is 12.4 Å². The Labute approximate surface area is 194 Å². The number of aryl methyl sites for hydroxylation is 2. The summed E-state index contributed by atoms with van der Waals surface area (Å²) in [4.78, 5) is 16.7. The largest absolute Gasteiger partial charge is 0.497 e. The summed E-state index contributed by atoms with van der Waals surface area (Å²) in [6.07, 6.45) is 0.818. The van der Waals surface area contributed by atoms with E-state index in [4.69, 9.17) is 26.4 Å². The summed E-state index contributed by atoms with van der Waals surface area (Å²) in [7, 11) is 1.50. The van der Waals surface area contributed by atoms with Crippen LogP contribution in [0.2, 0.25) is 5.02 Å². The summed E-state index contributed by atoms with van der Waals surface area (Å²) in [5.74, 6) is -0.0345. The van der Waals surface area contributed by atoms with Crippen LogP contribution in [-0.2, 0) is 6.42 Å². The molecule has 9 heteroatoms. The first kappa shape index (κ1) is 21.9. The second-order valence-corrected chi connectivity index (χ2v) is 8.28. The number of thiazole rings is 1. The molecule has 0 aliphatic heterocycles. The van der Waals surface area contributed by atoms with E-state index < -0.39 is 5.97 Å². The highest BCUT2D eigenvalue weighted by atomic mass is 35.5. The Kier molecular flexibility index (Phi) is 6.16. The number of anilines is 2. The van der Waals surface area contributed by atoms with Crippen LogP contribution in [0.15, 0.2) is 47.8 Å². The van der Waals surface area contributed by atoms with Gasteiger partial charge in [0, 0.05) is 5.38 Å². The number of para-hydroxylation sites is 1. The zero-order chi connectivity index (χ0) is 22.8. The van der Waals surface area contributed by atoms with Crippen molar-refractivity contribution in [2.45, 2.75) is 20.3 Å². The predicted molar refractivity (Wildman–Crippen MR) is 127 cm³/mol. The fourth-order valence-electron chi connectivity index (χ4n) is 3.34. The lowest BCUT2D eigenvalue weighted by atomic mass is 10.1. The van der Waals surface area contributed by atoms with Gasteiger partial charge in [-0.2, -0.15) is 5.10 Å². The van der Waals surface area contributed by atoms with Gasteiger partial charge in [0.1, 0.15) is 16.6 Å². The lowest BCUT2D eigenvalue weighted by molar-refractivity contribution is 0.0697. The summed E-state index contributed by atoms with van der Waals surface area (Å²) in [6.45, 7) is 3.95. The number of aromatic nitrogens is 3. The minimum atomic E-state index is -1.07. The van der Waals surface area contributed by atoms with Crippen molar-refractivity contribution in [1.29, 1.82) is 0 Å². The number of rotatable bonds is 7. The van der Waals surface area contributed by atoms with Crippen molar-refractivity contribution in [3.63, 3.8) is 0 Å². The minimum absolute atomic E-state index is 0.0771. The number of halogens is 1. The molecule has 0 saturated carbocycles. The number of hydrogen-bond acceptors (Lipinski definition) is 6. The van der Waals surface area contributed by atoms with Gasteiger partial charge in [0.05, 0.1) is 46.0 Å². The normalized spacial score (nSPS) is 10.9. The molecule has 4 aromatic rings. The summed E-state index contributed by atoms with van der Waals surface area (Å²) in [5, 5.41) is 21.1. The van der Waals surface area contributed by atoms with Crippen LogP contribution in [0.25, 0.3) is 16.3 Å². The van der Waals surface area contributed by atoms with Gasteiger partial charge in [-0.15, -0.1) is 11.3 Å². The molecule has 0 bridgehead atoms. The second kappa shape index (κ2) is 9.02. The molecule has 0 saturated heterocycles. The molecule has 0 radical (unpaired) electrons. The first-order chi connectivity index (χ1) is 15.4. The van der Waals surface area contributed by atoms with Gasteiger partial charge in [0.25, 0.3) is 0 Å². The molecule has 2 heterocycles. The van der Waals surface area contributed by atoms with Gasteiger partial charge in [-0.1, -0.05) is 30.7 Å². The molecule has 0 fully saturated rings. The fourth-order valence-corrected chi connectivity index (χ4v) is 4.56. The van der Waals surface area contributed by atoms with E-state index in [-0.39, 0.29) is 5.56 Å². The van der Waals surface area contributed by atoms with Gasteiger partial charge in [-0.25, -0.2) is 14.5 Å². The fraction of sp³-hybridized carbons (Fsp3) is 0.174. The van der Waals surface area contributed by atoms with E-state index in [9.17, 15) is 9.90 Å². The molecule has 2 aromatic carbocycles. The van der Waals surface area contributed by atoms with Crippen LogP contribution in [-0.4, -0.2) is 33.0 Å². The maximum atomic E-state index is 11.9. The van der Waals surface area contributed by atoms with Gasteiger partial charge in [-0.3, -0.25) is 0 Å². The zero-order valence-electron chi connectivity index (χ0n) is 17.7. The Morgan fingerprint density at radius 1 is 1.28 bits per heavy atom. The molecule has 32 heavy (non-hydrogen) atoms. The number of carboxylic acids is 1. The summed E-state index contributed by atoms with van der Waals surface area (Å²) >= 11 is 8.00. The Morgan fingerprint density at radius 2 is 2.06 bits per heavy atom. The first-order valence-electron chi connectivity index (χ1n) is 9.90. The molecule has 0 spiro atoms. The Hall–Kier alpha value is -3.36. The van der Waals surface area contributed by atoms with E-state index in [0.717, 1.165) is 28.4 Å². The number of carboxylic acid groups (broad SMARTS) is 1. The highest BCUT2D eigenvalue weighted by Crippen LogP contribution is 2.39. The van der Waals surface area contributed by atoms with Crippen LogP contribution in [0.3, 0.4) is 0 Å². The topological polar surface area (TPSA) is 89.3 Å². The molecule has 7 nitrogen and oxygen atoms in total. The molecule has 0 atom stereocenters. The van der Waals surface area contributed by atoms with Crippen LogP contribution in [0.4, 0.5) is 11.5 Å². The molecular formula is C23H21ClN4O3S. The monoisotopic (exact) mass is 468 g/mol. The molecular weight excluding hydrogens is 448 g/mol. The van der Waals surface area contributed by atoms with Crippen LogP contribution < -0.4 is 10.1 Å². The predicted octanol–water partition coefficient (Wildman–Crippen LogP) is 5.97. The Morgan fingerprint density at radius 3 is 2.72 bits per heavy atom. The lowest BCUT2D eigenvalue weighted by Crippen LogP contribution is -2.08. The molecule has 4 rings (SSSR count). The van der Waals surface area contributed by atoms with E-state index >= 15 is 0 Å². The molecule has 2 N–H and O–H groups in total. The van der Waals surface area contributed by atoms with Crippen LogP contribution >= 0.6 is 22.9 Å². The van der Waals surface area contributed by atoms with Gasteiger partial charge < -0.3 is 15.2 Å². The van der Waals surface area contributed by atoms with Gasteiger partial charge in [0.15, 0.2) is 0 Å². The summed E-state index contributed by atoms with van der Waals surface area (Å²) in [6, 6.07) is 12.2. The van der Waals surface area contributed by atoms with Crippen molar-refractivity contribution < 1.29 is 14.6 Å². The third-order valence-corrected chi connectivity index (χ3v) is 6.21. The van der Waals surface area contributed by atoms with Gasteiger partial charge >= 0.3 is 5.97 Å². The number of nitrogens with zero attached hydrogens (tertiary/aromatic N) is 3. The standard InChI is InChI=1S/C23H21ClN4O3S/c1-4-14-12-32-22(25-14)20-13(2)27-28(19-8-6-5-7-17(19)24)21(20)26-18-10-9-15(31-3)11-16(18)23(29)30/h5-12,26H,4H2,1-3H3,(H,29,30). The summed E-state index contributed by atoms with van der Waals surface area (Å²) in [5.41, 5.74) is 3.67. The maximum absolute atomic E-state index is 11.9. The highest BCUT2D eigenvalue weighted by Gasteiger charge is 2.23. The van der Waals surface area contributed by atoms with Crippen LogP contribution in [0.1, 0.15) is 28.7 Å². The number of carbonyl (C=O) groups is 1. The van der Waals surface area contributed by atoms with Crippen molar-refractivity contribution in [3.05, 3.63) is 69.8 Å². The Bertz CT molecular complexity index is 1300. The molecule has 164 valence electrons. The van der Waals surface area contributed by atoms with Crippen LogP contribution in [0, 0.1) is 6.92 Å².